The highest BCUT2D eigenvalue weighted by Gasteiger charge is 2.09. The first-order valence-electron chi connectivity index (χ1n) is 10.4. The maximum Gasteiger partial charge on any atom is 0.269 e. The molecule has 1 aromatic heterocycles. The molecule has 4 aromatic rings. The lowest BCUT2D eigenvalue weighted by Crippen LogP contribution is -2.07. The third-order valence-electron chi connectivity index (χ3n) is 4.46. The smallest absolute Gasteiger partial charge is 0.269 e. The summed E-state index contributed by atoms with van der Waals surface area (Å²) in [6.07, 6.45) is 3.51. The molecular weight excluding hydrogens is 512 g/mol. The molecule has 11 heteroatoms. The van der Waals surface area contributed by atoms with Gasteiger partial charge >= 0.3 is 0 Å². The summed E-state index contributed by atoms with van der Waals surface area (Å²) in [5.41, 5.74) is 5.19. The van der Waals surface area contributed by atoms with Crippen molar-refractivity contribution < 1.29 is 4.92 Å². The van der Waals surface area contributed by atoms with Gasteiger partial charge in [-0.2, -0.15) is 20.1 Å². The Morgan fingerprint density at radius 3 is 1.94 bits per heavy atom. The minimum absolute atomic E-state index is 0.0107. The quantitative estimate of drug-likeness (QED) is 0.134. The number of rotatable bonds is 9. The summed E-state index contributed by atoms with van der Waals surface area (Å²) in [5.74, 6) is 0.704. The number of aromatic nitrogens is 3. The van der Waals surface area contributed by atoms with E-state index in [-0.39, 0.29) is 23.5 Å². The van der Waals surface area contributed by atoms with Gasteiger partial charge in [-0.3, -0.25) is 10.1 Å². The molecule has 35 heavy (non-hydrogen) atoms. The summed E-state index contributed by atoms with van der Waals surface area (Å²) >= 11 is 3.47. The highest BCUT2D eigenvalue weighted by Crippen LogP contribution is 2.21. The molecule has 0 saturated heterocycles. The highest BCUT2D eigenvalue weighted by atomic mass is 79.9. The van der Waals surface area contributed by atoms with Gasteiger partial charge in [-0.25, -0.2) is 5.43 Å². The number of para-hydroxylation sites is 1. The van der Waals surface area contributed by atoms with Crippen LogP contribution in [0.15, 0.2) is 94.5 Å². The van der Waals surface area contributed by atoms with E-state index in [9.17, 15) is 10.1 Å². The van der Waals surface area contributed by atoms with Gasteiger partial charge in [0.2, 0.25) is 17.8 Å². The Bertz CT molecular complexity index is 1350. The Balaban J connectivity index is 1.54. The van der Waals surface area contributed by atoms with E-state index in [4.69, 9.17) is 0 Å². The van der Waals surface area contributed by atoms with E-state index < -0.39 is 4.92 Å². The fourth-order valence-electron chi connectivity index (χ4n) is 2.88. The van der Waals surface area contributed by atoms with E-state index in [1.165, 1.54) is 12.1 Å². The number of nitrogens with zero attached hydrogens (tertiary/aromatic N) is 5. The Kier molecular flexibility index (Phi) is 7.71. The number of hydrazone groups is 1. The minimum atomic E-state index is -0.459. The number of allylic oxidation sites excluding steroid dienone is 1. The molecule has 0 bridgehead atoms. The van der Waals surface area contributed by atoms with Crippen LogP contribution in [-0.4, -0.2) is 26.1 Å². The zero-order valence-electron chi connectivity index (χ0n) is 18.2. The molecule has 0 fully saturated rings. The molecule has 3 aromatic carbocycles. The van der Waals surface area contributed by atoms with Crippen LogP contribution in [0.5, 0.6) is 0 Å². The van der Waals surface area contributed by atoms with Gasteiger partial charge in [0.25, 0.3) is 5.69 Å². The van der Waals surface area contributed by atoms with Gasteiger partial charge in [0.05, 0.1) is 11.1 Å². The van der Waals surface area contributed by atoms with Crippen LogP contribution in [-0.2, 0) is 0 Å². The second-order valence-corrected chi connectivity index (χ2v) is 7.95. The molecular formula is C24H19BrN8O2. The van der Waals surface area contributed by atoms with E-state index in [0.29, 0.717) is 5.69 Å². The van der Waals surface area contributed by atoms with Gasteiger partial charge in [-0.05, 0) is 51.8 Å². The van der Waals surface area contributed by atoms with Crippen LogP contribution >= 0.6 is 15.9 Å². The molecule has 0 spiro atoms. The standard InChI is InChI=1S/C24H19BrN8O2/c25-18(15-17-7-3-1-4-8-17)16-26-32-24-30-22(27-19-9-5-2-6-10-19)29-23(31-24)28-20-11-13-21(14-12-20)33(34)35/h1-16H,(H3,27,28,29,30,31,32)/b18-15-,26-16?. The van der Waals surface area contributed by atoms with Gasteiger partial charge in [-0.1, -0.05) is 48.5 Å². The van der Waals surface area contributed by atoms with E-state index in [0.717, 1.165) is 15.7 Å². The lowest BCUT2D eigenvalue weighted by molar-refractivity contribution is -0.384. The Labute approximate surface area is 209 Å². The highest BCUT2D eigenvalue weighted by molar-refractivity contribution is 9.12. The van der Waals surface area contributed by atoms with Gasteiger partial charge in [-0.15, -0.1) is 0 Å². The summed E-state index contributed by atoms with van der Waals surface area (Å²) in [6, 6.07) is 25.2. The predicted octanol–water partition coefficient (Wildman–Crippen LogP) is 6.10. The Morgan fingerprint density at radius 1 is 0.800 bits per heavy atom. The van der Waals surface area contributed by atoms with Crippen molar-refractivity contribution in [2.75, 3.05) is 16.1 Å². The average molecular weight is 531 g/mol. The molecule has 0 aliphatic rings. The normalized spacial score (nSPS) is 11.3. The minimum Gasteiger partial charge on any atom is -0.324 e. The number of hydrogen-bond donors (Lipinski definition) is 3. The molecule has 0 unspecified atom stereocenters. The number of hydrogen-bond acceptors (Lipinski definition) is 9. The second-order valence-electron chi connectivity index (χ2n) is 7.04. The molecule has 174 valence electrons. The lowest BCUT2D eigenvalue weighted by atomic mass is 10.2. The third-order valence-corrected chi connectivity index (χ3v) is 4.89. The maximum atomic E-state index is 10.9. The van der Waals surface area contributed by atoms with E-state index in [2.05, 4.69) is 52.0 Å². The molecule has 0 amide bonds. The lowest BCUT2D eigenvalue weighted by Gasteiger charge is -2.10. The van der Waals surface area contributed by atoms with Crippen molar-refractivity contribution in [3.8, 4) is 0 Å². The molecule has 10 nitrogen and oxygen atoms in total. The fourth-order valence-corrected chi connectivity index (χ4v) is 3.25. The Hall–Kier alpha value is -4.64. The number of nitro groups is 1. The first-order valence-corrected chi connectivity index (χ1v) is 11.2. The molecule has 0 radical (unpaired) electrons. The van der Waals surface area contributed by atoms with Crippen LogP contribution in [0.25, 0.3) is 6.08 Å². The molecule has 0 aliphatic carbocycles. The van der Waals surface area contributed by atoms with Crippen molar-refractivity contribution in [2.24, 2.45) is 5.10 Å². The Morgan fingerprint density at radius 2 is 1.34 bits per heavy atom. The topological polar surface area (TPSA) is 130 Å². The number of benzene rings is 3. The summed E-state index contributed by atoms with van der Waals surface area (Å²) in [4.78, 5) is 23.5. The average Bonchev–Trinajstić information content (AvgIpc) is 2.85. The van der Waals surface area contributed by atoms with Crippen molar-refractivity contribution >= 4 is 63.1 Å². The van der Waals surface area contributed by atoms with E-state index >= 15 is 0 Å². The van der Waals surface area contributed by atoms with Crippen molar-refractivity contribution in [3.05, 3.63) is 105 Å². The number of halogens is 1. The van der Waals surface area contributed by atoms with Crippen LogP contribution in [0, 0.1) is 10.1 Å². The summed E-state index contributed by atoms with van der Waals surface area (Å²) in [6.45, 7) is 0. The van der Waals surface area contributed by atoms with E-state index in [1.54, 1.807) is 18.3 Å². The van der Waals surface area contributed by atoms with Crippen LogP contribution in [0.2, 0.25) is 0 Å². The van der Waals surface area contributed by atoms with Crippen molar-refractivity contribution in [3.63, 3.8) is 0 Å². The molecule has 4 rings (SSSR count). The monoisotopic (exact) mass is 530 g/mol. The molecule has 0 saturated carbocycles. The molecule has 0 aliphatic heterocycles. The van der Waals surface area contributed by atoms with Crippen molar-refractivity contribution in [1.82, 2.24) is 15.0 Å². The largest absolute Gasteiger partial charge is 0.324 e. The van der Waals surface area contributed by atoms with Gasteiger partial charge in [0, 0.05) is 28.0 Å². The predicted molar refractivity (Wildman–Crippen MR) is 141 cm³/mol. The zero-order chi connectivity index (χ0) is 24.5. The van der Waals surface area contributed by atoms with Gasteiger partial charge < -0.3 is 10.6 Å². The number of nitro benzene ring substituents is 1. The summed E-state index contributed by atoms with van der Waals surface area (Å²) < 4.78 is 0.747. The molecule has 0 atom stereocenters. The van der Waals surface area contributed by atoms with Crippen molar-refractivity contribution in [2.45, 2.75) is 0 Å². The first kappa shape index (κ1) is 23.5. The SMILES string of the molecule is O=[N+]([O-])c1ccc(Nc2nc(NN=C/C(Br)=C/c3ccccc3)nc(Nc3ccccc3)n2)cc1. The number of non-ortho nitro benzene ring substituents is 1. The van der Waals surface area contributed by atoms with Crippen LogP contribution in [0.3, 0.4) is 0 Å². The first-order chi connectivity index (χ1) is 17.0. The van der Waals surface area contributed by atoms with Gasteiger partial charge in [0.1, 0.15) is 0 Å². The number of nitrogens with one attached hydrogen (secondary N) is 3. The second kappa shape index (κ2) is 11.5. The van der Waals surface area contributed by atoms with Crippen LogP contribution in [0.1, 0.15) is 5.56 Å². The molecule has 3 N–H and O–H groups in total. The van der Waals surface area contributed by atoms with Crippen LogP contribution in [0.4, 0.5) is 34.9 Å². The van der Waals surface area contributed by atoms with Crippen molar-refractivity contribution in [1.29, 1.82) is 0 Å². The third kappa shape index (κ3) is 7.17. The molecule has 1 heterocycles. The zero-order valence-corrected chi connectivity index (χ0v) is 19.8. The van der Waals surface area contributed by atoms with E-state index in [1.807, 2.05) is 66.7 Å². The number of anilines is 5. The van der Waals surface area contributed by atoms with Gasteiger partial charge in [0.15, 0.2) is 0 Å². The van der Waals surface area contributed by atoms with Crippen LogP contribution < -0.4 is 16.1 Å². The summed E-state index contributed by atoms with van der Waals surface area (Å²) in [7, 11) is 0. The maximum absolute atomic E-state index is 10.9. The summed E-state index contributed by atoms with van der Waals surface area (Å²) in [5, 5.41) is 21.2. The fraction of sp³-hybridized carbons (Fsp3) is 0.